The molecule has 0 unspecified atom stereocenters. The molecule has 0 saturated carbocycles. The van der Waals surface area contributed by atoms with Crippen LogP contribution in [0.25, 0.3) is 11.2 Å². The van der Waals surface area contributed by atoms with Crippen LogP contribution in [0.4, 0.5) is 0 Å². The molecule has 6 nitrogen and oxygen atoms in total. The maximum Gasteiger partial charge on any atom is 0.441 e. The fourth-order valence-corrected chi connectivity index (χ4v) is 0.854. The summed E-state index contributed by atoms with van der Waals surface area (Å²) in [5.74, 6) is 0. The van der Waals surface area contributed by atoms with Gasteiger partial charge in [-0.15, -0.1) is 0 Å². The number of nitrogens with one attached hydrogen (secondary N) is 2. The van der Waals surface area contributed by atoms with Crippen LogP contribution in [0.15, 0.2) is 17.3 Å². The number of aromatic amines is 2. The normalized spacial score (nSPS) is 10.5. The van der Waals surface area contributed by atoms with E-state index in [1.54, 1.807) is 0 Å². The third-order valence-corrected chi connectivity index (χ3v) is 1.36. The van der Waals surface area contributed by atoms with Gasteiger partial charge in [0.15, 0.2) is 6.33 Å². The van der Waals surface area contributed by atoms with Gasteiger partial charge < -0.3 is 10.2 Å². The zero-order valence-corrected chi connectivity index (χ0v) is 5.37. The first-order valence-electron chi connectivity index (χ1n) is 2.93. The van der Waals surface area contributed by atoms with Gasteiger partial charge in [0.1, 0.15) is 5.52 Å². The Morgan fingerprint density at radius 1 is 1.55 bits per heavy atom. The van der Waals surface area contributed by atoms with Crippen molar-refractivity contribution in [3.8, 4) is 0 Å². The van der Waals surface area contributed by atoms with Gasteiger partial charge in [-0.25, -0.2) is 14.5 Å². The van der Waals surface area contributed by atoms with Gasteiger partial charge in [-0.3, -0.25) is 0 Å². The minimum Gasteiger partial charge on any atom is -0.737 e. The van der Waals surface area contributed by atoms with E-state index in [0.29, 0.717) is 5.52 Å². The number of H-pyrrole nitrogens is 2. The molecule has 56 valence electrons. The summed E-state index contributed by atoms with van der Waals surface area (Å²) < 4.78 is 0.200. The summed E-state index contributed by atoms with van der Waals surface area (Å²) in [6.45, 7) is 0. The molecule has 2 aromatic heterocycles. The lowest BCUT2D eigenvalue weighted by Crippen LogP contribution is -2.46. The Hall–Kier alpha value is -1.85. The SMILES string of the molecule is O=c1[nH]cc2[nH]cnc2[n+]1[O-]. The molecule has 0 amide bonds. The lowest BCUT2D eigenvalue weighted by Gasteiger charge is -1.97. The van der Waals surface area contributed by atoms with Crippen molar-refractivity contribution >= 4 is 11.2 Å². The fraction of sp³-hybridized carbons (Fsp3) is 0. The number of fused-ring (bicyclic) bond motifs is 1. The van der Waals surface area contributed by atoms with Gasteiger partial charge in [0.2, 0.25) is 0 Å². The topological polar surface area (TPSA) is 88.5 Å². The molecule has 0 spiro atoms. The smallest absolute Gasteiger partial charge is 0.441 e. The average Bonchev–Trinajstić information content (AvgIpc) is 2.45. The predicted molar refractivity (Wildman–Crippen MR) is 35.7 cm³/mol. The summed E-state index contributed by atoms with van der Waals surface area (Å²) in [5, 5.41) is 10.9. The van der Waals surface area contributed by atoms with Crippen molar-refractivity contribution in [1.82, 2.24) is 15.0 Å². The lowest BCUT2D eigenvalue weighted by atomic mass is 10.6. The van der Waals surface area contributed by atoms with Gasteiger partial charge in [0, 0.05) is 0 Å². The molecule has 2 rings (SSSR count). The number of nitrogens with zero attached hydrogens (tertiary/aromatic N) is 2. The average molecular weight is 152 g/mol. The second-order valence-corrected chi connectivity index (χ2v) is 2.03. The minimum absolute atomic E-state index is 0.105. The zero-order valence-electron chi connectivity index (χ0n) is 5.37. The van der Waals surface area contributed by atoms with Crippen LogP contribution >= 0.6 is 0 Å². The Morgan fingerprint density at radius 3 is 3.18 bits per heavy atom. The molecule has 0 bridgehead atoms. The first-order chi connectivity index (χ1) is 5.29. The molecule has 6 heteroatoms. The van der Waals surface area contributed by atoms with Gasteiger partial charge >= 0.3 is 5.69 Å². The van der Waals surface area contributed by atoms with Crippen molar-refractivity contribution in [3.05, 3.63) is 28.2 Å². The second-order valence-electron chi connectivity index (χ2n) is 2.03. The Labute approximate surface area is 60.1 Å². The third kappa shape index (κ3) is 0.689. The molecule has 11 heavy (non-hydrogen) atoms. The Morgan fingerprint density at radius 2 is 2.36 bits per heavy atom. The number of aromatic nitrogens is 4. The first kappa shape index (κ1) is 5.90. The summed E-state index contributed by atoms with van der Waals surface area (Å²) in [6.07, 6.45) is 2.76. The molecule has 0 aliphatic heterocycles. The van der Waals surface area contributed by atoms with Gasteiger partial charge in [0.25, 0.3) is 5.65 Å². The Bertz CT molecular complexity index is 443. The van der Waals surface area contributed by atoms with Crippen LogP contribution in [0.5, 0.6) is 0 Å². The molecule has 0 aliphatic rings. The number of imidazole rings is 1. The van der Waals surface area contributed by atoms with Crippen molar-refractivity contribution in [1.29, 1.82) is 0 Å². The molecule has 0 radical (unpaired) electrons. The Kier molecular flexibility index (Phi) is 0.974. The summed E-state index contributed by atoms with van der Waals surface area (Å²) in [5.41, 5.74) is -0.0991. The van der Waals surface area contributed by atoms with Crippen molar-refractivity contribution in [2.24, 2.45) is 0 Å². The summed E-state index contributed by atoms with van der Waals surface area (Å²) in [4.78, 5) is 19.3. The van der Waals surface area contributed by atoms with Gasteiger partial charge in [-0.2, -0.15) is 0 Å². The van der Waals surface area contributed by atoms with E-state index in [-0.39, 0.29) is 10.4 Å². The molecule has 0 saturated heterocycles. The lowest BCUT2D eigenvalue weighted by molar-refractivity contribution is -0.598. The maximum absolute atomic E-state index is 10.9. The molecule has 0 atom stereocenters. The molecule has 0 fully saturated rings. The summed E-state index contributed by atoms with van der Waals surface area (Å²) in [6, 6.07) is 0. The van der Waals surface area contributed by atoms with Crippen LogP contribution in [-0.4, -0.2) is 15.0 Å². The molecule has 2 heterocycles. The van der Waals surface area contributed by atoms with E-state index in [0.717, 1.165) is 0 Å². The van der Waals surface area contributed by atoms with Crippen LogP contribution in [0.2, 0.25) is 0 Å². The van der Waals surface area contributed by atoms with Crippen molar-refractivity contribution in [2.45, 2.75) is 0 Å². The molecule has 2 aromatic rings. The largest absolute Gasteiger partial charge is 0.737 e. The molecular weight excluding hydrogens is 148 g/mol. The predicted octanol–water partition coefficient (Wildman–Crippen LogP) is -1.12. The van der Waals surface area contributed by atoms with Crippen LogP contribution < -0.4 is 10.4 Å². The molecule has 0 aliphatic carbocycles. The van der Waals surface area contributed by atoms with Gasteiger partial charge in [-0.1, -0.05) is 4.98 Å². The number of hydrogen-bond donors (Lipinski definition) is 2. The van der Waals surface area contributed by atoms with Gasteiger partial charge in [0.05, 0.1) is 6.20 Å². The highest BCUT2D eigenvalue weighted by Gasteiger charge is 2.05. The maximum atomic E-state index is 10.9. The monoisotopic (exact) mass is 152 g/mol. The third-order valence-electron chi connectivity index (χ3n) is 1.36. The first-order valence-corrected chi connectivity index (χ1v) is 2.93. The zero-order chi connectivity index (χ0) is 7.84. The van der Waals surface area contributed by atoms with Crippen LogP contribution in [0.3, 0.4) is 0 Å². The highest BCUT2D eigenvalue weighted by Crippen LogP contribution is 1.96. The van der Waals surface area contributed by atoms with Crippen molar-refractivity contribution in [3.63, 3.8) is 0 Å². The quantitative estimate of drug-likeness (QED) is 0.370. The van der Waals surface area contributed by atoms with Crippen LogP contribution in [0, 0.1) is 5.21 Å². The van der Waals surface area contributed by atoms with E-state index in [9.17, 15) is 10.0 Å². The van der Waals surface area contributed by atoms with E-state index in [1.807, 2.05) is 0 Å². The molecule has 0 aromatic carbocycles. The van der Waals surface area contributed by atoms with Crippen LogP contribution in [-0.2, 0) is 0 Å². The summed E-state index contributed by atoms with van der Waals surface area (Å²) in [7, 11) is 0. The summed E-state index contributed by atoms with van der Waals surface area (Å²) >= 11 is 0. The molecule has 2 N–H and O–H groups in total. The van der Waals surface area contributed by atoms with E-state index in [4.69, 9.17) is 0 Å². The standard InChI is InChI=1S/C5H4N4O2/c10-5-6-1-3-4(9(5)11)8-2-7-3/h1-2H,(H,6,10)(H,7,8). The molecular formula is C5H4N4O2. The highest BCUT2D eigenvalue weighted by molar-refractivity contribution is 5.64. The van der Waals surface area contributed by atoms with E-state index in [1.165, 1.54) is 12.5 Å². The van der Waals surface area contributed by atoms with Gasteiger partial charge in [-0.05, 0) is 0 Å². The Balaban J connectivity index is 3.04. The number of hydrogen-bond acceptors (Lipinski definition) is 3. The highest BCUT2D eigenvalue weighted by atomic mass is 16.5. The van der Waals surface area contributed by atoms with Crippen LogP contribution in [0.1, 0.15) is 0 Å². The van der Waals surface area contributed by atoms with Crippen molar-refractivity contribution < 1.29 is 4.73 Å². The minimum atomic E-state index is -0.718. The van der Waals surface area contributed by atoms with E-state index < -0.39 is 5.69 Å². The van der Waals surface area contributed by atoms with Crippen molar-refractivity contribution in [2.75, 3.05) is 0 Å². The number of rotatable bonds is 0. The van der Waals surface area contributed by atoms with E-state index >= 15 is 0 Å². The van der Waals surface area contributed by atoms with E-state index in [2.05, 4.69) is 15.0 Å². The second kappa shape index (κ2) is 1.82. The fourth-order valence-electron chi connectivity index (χ4n) is 0.854.